The zero-order valence-corrected chi connectivity index (χ0v) is 9.53. The highest BCUT2D eigenvalue weighted by atomic mass is 16.6. The number of hydrogen-bond donors (Lipinski definition) is 1. The fourth-order valence-electron chi connectivity index (χ4n) is 2.59. The minimum Gasteiger partial charge on any atom is -0.486 e. The van der Waals surface area contributed by atoms with Crippen molar-refractivity contribution in [2.45, 2.75) is 19.4 Å². The lowest BCUT2D eigenvalue weighted by molar-refractivity contribution is 0.168. The molecule has 0 saturated carbocycles. The van der Waals surface area contributed by atoms with Crippen LogP contribution in [0.2, 0.25) is 0 Å². The summed E-state index contributed by atoms with van der Waals surface area (Å²) in [6.45, 7) is 4.69. The third-order valence-corrected chi connectivity index (χ3v) is 3.46. The number of ether oxygens (including phenoxy) is 2. The third kappa shape index (κ3) is 1.55. The van der Waals surface area contributed by atoms with Crippen molar-refractivity contribution in [3.05, 3.63) is 23.8 Å². The maximum Gasteiger partial charge on any atom is 0.166 e. The zero-order chi connectivity index (χ0) is 11.0. The van der Waals surface area contributed by atoms with E-state index in [4.69, 9.17) is 9.47 Å². The Hall–Kier alpha value is -1.22. The Kier molecular flexibility index (Phi) is 2.48. The Balaban J connectivity index is 2.00. The lowest BCUT2D eigenvalue weighted by atomic mass is 9.95. The van der Waals surface area contributed by atoms with Crippen molar-refractivity contribution in [1.82, 2.24) is 5.32 Å². The molecule has 0 radical (unpaired) electrons. The van der Waals surface area contributed by atoms with Crippen LogP contribution in [0.25, 0.3) is 0 Å². The quantitative estimate of drug-likeness (QED) is 0.785. The summed E-state index contributed by atoms with van der Waals surface area (Å²) < 4.78 is 11.4. The van der Waals surface area contributed by atoms with Crippen molar-refractivity contribution in [3.63, 3.8) is 0 Å². The van der Waals surface area contributed by atoms with Crippen LogP contribution in [0.5, 0.6) is 11.5 Å². The molecule has 3 nitrogen and oxygen atoms in total. The molecule has 0 bridgehead atoms. The smallest absolute Gasteiger partial charge is 0.166 e. The number of nitrogens with one attached hydrogen (secondary N) is 1. The highest BCUT2D eigenvalue weighted by Crippen LogP contribution is 2.41. The van der Waals surface area contributed by atoms with Gasteiger partial charge in [0.05, 0.1) is 0 Å². The Morgan fingerprint density at radius 3 is 2.94 bits per heavy atom. The van der Waals surface area contributed by atoms with E-state index in [1.807, 2.05) is 6.07 Å². The van der Waals surface area contributed by atoms with E-state index < -0.39 is 0 Å². The summed E-state index contributed by atoms with van der Waals surface area (Å²) in [5, 5.41) is 3.54. The van der Waals surface area contributed by atoms with E-state index in [0.717, 1.165) is 18.0 Å². The van der Waals surface area contributed by atoms with Gasteiger partial charge in [0.2, 0.25) is 0 Å². The number of fused-ring (bicyclic) bond motifs is 1. The molecule has 0 aliphatic carbocycles. The second kappa shape index (κ2) is 3.98. The Morgan fingerprint density at radius 2 is 2.12 bits per heavy atom. The van der Waals surface area contributed by atoms with Gasteiger partial charge in [-0.15, -0.1) is 0 Å². The maximum absolute atomic E-state index is 5.75. The lowest BCUT2D eigenvalue weighted by Crippen LogP contribution is -2.21. The monoisotopic (exact) mass is 219 g/mol. The topological polar surface area (TPSA) is 30.5 Å². The fourth-order valence-corrected chi connectivity index (χ4v) is 2.59. The molecule has 1 fully saturated rings. The first-order valence-corrected chi connectivity index (χ1v) is 5.98. The van der Waals surface area contributed by atoms with Crippen molar-refractivity contribution in [2.75, 3.05) is 19.8 Å². The van der Waals surface area contributed by atoms with Crippen LogP contribution in [-0.2, 0) is 0 Å². The molecule has 0 spiro atoms. The van der Waals surface area contributed by atoms with E-state index in [1.165, 1.54) is 12.0 Å². The fraction of sp³-hybridized carbons (Fsp3) is 0.538. The van der Waals surface area contributed by atoms with Crippen LogP contribution in [0.3, 0.4) is 0 Å². The molecule has 3 rings (SSSR count). The molecule has 2 aliphatic heterocycles. The molecule has 86 valence electrons. The summed E-state index contributed by atoms with van der Waals surface area (Å²) in [5.74, 6) is 2.50. The average Bonchev–Trinajstić information content (AvgIpc) is 2.75. The van der Waals surface area contributed by atoms with Crippen LogP contribution in [0.1, 0.15) is 24.9 Å². The largest absolute Gasteiger partial charge is 0.486 e. The first-order chi connectivity index (χ1) is 7.86. The van der Waals surface area contributed by atoms with Gasteiger partial charge in [-0.1, -0.05) is 19.1 Å². The van der Waals surface area contributed by atoms with Crippen LogP contribution >= 0.6 is 0 Å². The summed E-state index contributed by atoms with van der Waals surface area (Å²) in [6.07, 6.45) is 1.23. The van der Waals surface area contributed by atoms with Gasteiger partial charge in [-0.05, 0) is 24.9 Å². The number of rotatable bonds is 1. The Morgan fingerprint density at radius 1 is 1.25 bits per heavy atom. The van der Waals surface area contributed by atoms with Gasteiger partial charge in [-0.3, -0.25) is 0 Å². The molecule has 1 aromatic carbocycles. The summed E-state index contributed by atoms with van der Waals surface area (Å²) in [6, 6.07) is 6.59. The van der Waals surface area contributed by atoms with Crippen molar-refractivity contribution < 1.29 is 9.47 Å². The van der Waals surface area contributed by atoms with E-state index in [0.29, 0.717) is 25.2 Å². The van der Waals surface area contributed by atoms with E-state index in [1.54, 1.807) is 0 Å². The molecule has 0 aromatic heterocycles. The second-order valence-electron chi connectivity index (χ2n) is 4.57. The highest BCUT2D eigenvalue weighted by Gasteiger charge is 2.29. The van der Waals surface area contributed by atoms with Gasteiger partial charge >= 0.3 is 0 Å². The predicted octanol–water partition coefficient (Wildman–Crippen LogP) is 2.13. The Labute approximate surface area is 95.8 Å². The molecule has 16 heavy (non-hydrogen) atoms. The van der Waals surface area contributed by atoms with E-state index in [9.17, 15) is 0 Å². The molecule has 3 heteroatoms. The standard InChI is InChI=1S/C13H17NO2/c1-9-5-6-14-12(9)10-3-2-4-11-13(10)16-8-7-15-11/h2-4,9,12,14H,5-8H2,1H3/t9-,12-/m0/s1. The van der Waals surface area contributed by atoms with Crippen LogP contribution in [0.15, 0.2) is 18.2 Å². The summed E-state index contributed by atoms with van der Waals surface area (Å²) in [4.78, 5) is 0. The summed E-state index contributed by atoms with van der Waals surface area (Å²) in [5.41, 5.74) is 1.25. The van der Waals surface area contributed by atoms with Gasteiger partial charge in [0, 0.05) is 11.6 Å². The first kappa shape index (κ1) is 9.97. The number of benzene rings is 1. The molecular formula is C13H17NO2. The van der Waals surface area contributed by atoms with Gasteiger partial charge < -0.3 is 14.8 Å². The molecule has 1 saturated heterocycles. The summed E-state index contributed by atoms with van der Waals surface area (Å²) >= 11 is 0. The van der Waals surface area contributed by atoms with Crippen LogP contribution in [0, 0.1) is 5.92 Å². The van der Waals surface area contributed by atoms with Crippen molar-refractivity contribution in [2.24, 2.45) is 5.92 Å². The predicted molar refractivity (Wildman–Crippen MR) is 62.0 cm³/mol. The van der Waals surface area contributed by atoms with Gasteiger partial charge in [0.1, 0.15) is 13.2 Å². The van der Waals surface area contributed by atoms with Gasteiger partial charge in [-0.2, -0.15) is 0 Å². The molecule has 0 unspecified atom stereocenters. The van der Waals surface area contributed by atoms with Gasteiger partial charge in [0.25, 0.3) is 0 Å². The Bertz CT molecular complexity index is 392. The molecule has 1 N–H and O–H groups in total. The molecular weight excluding hydrogens is 202 g/mol. The molecule has 0 amide bonds. The van der Waals surface area contributed by atoms with Crippen molar-refractivity contribution in [3.8, 4) is 11.5 Å². The molecule has 1 aromatic rings. The molecule has 2 atom stereocenters. The first-order valence-electron chi connectivity index (χ1n) is 5.98. The van der Waals surface area contributed by atoms with Crippen molar-refractivity contribution >= 4 is 0 Å². The highest BCUT2D eigenvalue weighted by molar-refractivity contribution is 5.49. The van der Waals surface area contributed by atoms with Gasteiger partial charge in [-0.25, -0.2) is 0 Å². The van der Waals surface area contributed by atoms with Crippen molar-refractivity contribution in [1.29, 1.82) is 0 Å². The second-order valence-corrected chi connectivity index (χ2v) is 4.57. The maximum atomic E-state index is 5.75. The number of para-hydroxylation sites is 1. The molecule has 2 aliphatic rings. The zero-order valence-electron chi connectivity index (χ0n) is 9.53. The van der Waals surface area contributed by atoms with Crippen LogP contribution in [-0.4, -0.2) is 19.8 Å². The van der Waals surface area contributed by atoms with E-state index in [2.05, 4.69) is 24.4 Å². The van der Waals surface area contributed by atoms with Crippen LogP contribution in [0.4, 0.5) is 0 Å². The SMILES string of the molecule is C[C@H]1CCN[C@@H]1c1cccc2c1OCCO2. The number of hydrogen-bond acceptors (Lipinski definition) is 3. The lowest BCUT2D eigenvalue weighted by Gasteiger charge is -2.25. The van der Waals surface area contributed by atoms with E-state index in [-0.39, 0.29) is 0 Å². The average molecular weight is 219 g/mol. The summed E-state index contributed by atoms with van der Waals surface area (Å²) in [7, 11) is 0. The van der Waals surface area contributed by atoms with Gasteiger partial charge in [0.15, 0.2) is 11.5 Å². The minimum atomic E-state index is 0.414. The molecule has 2 heterocycles. The van der Waals surface area contributed by atoms with Crippen LogP contribution < -0.4 is 14.8 Å². The normalized spacial score (nSPS) is 28.1. The minimum absolute atomic E-state index is 0.414. The third-order valence-electron chi connectivity index (χ3n) is 3.46. The van der Waals surface area contributed by atoms with E-state index >= 15 is 0 Å².